The predicted octanol–water partition coefficient (Wildman–Crippen LogP) is -4.42. The van der Waals surface area contributed by atoms with Crippen molar-refractivity contribution in [2.24, 2.45) is 11.5 Å². The van der Waals surface area contributed by atoms with Gasteiger partial charge in [0, 0.05) is 0 Å². The van der Waals surface area contributed by atoms with Gasteiger partial charge in [-0.15, -0.1) is 0 Å². The zero-order valence-corrected chi connectivity index (χ0v) is 11.8. The smallest absolute Gasteiger partial charge is 0.179 e. The van der Waals surface area contributed by atoms with Crippen LogP contribution in [0.4, 0.5) is 0 Å². The fourth-order valence-electron chi connectivity index (χ4n) is 2.86. The van der Waals surface area contributed by atoms with Gasteiger partial charge in [0.05, 0.1) is 25.3 Å². The van der Waals surface area contributed by atoms with Crippen molar-refractivity contribution in [3.63, 3.8) is 0 Å². The highest BCUT2D eigenvalue weighted by Crippen LogP contribution is 2.28. The molecule has 3 heterocycles. The van der Waals surface area contributed by atoms with Crippen molar-refractivity contribution in [1.29, 1.82) is 0 Å². The Hall–Kier alpha value is -0.400. The number of nitrogens with two attached hydrogens (primary N) is 2. The van der Waals surface area contributed by atoms with Crippen LogP contribution in [0.25, 0.3) is 0 Å². The first-order chi connectivity index (χ1) is 10.4. The number of rotatable bonds is 0. The summed E-state index contributed by atoms with van der Waals surface area (Å²) < 4.78 is 21.9. The minimum atomic E-state index is -1.27. The molecule has 3 aliphatic rings. The second-order valence-electron chi connectivity index (χ2n) is 5.88. The highest BCUT2D eigenvalue weighted by molar-refractivity contribution is 4.96. The third-order valence-electron chi connectivity index (χ3n) is 4.33. The van der Waals surface area contributed by atoms with E-state index in [1.165, 1.54) is 0 Å². The van der Waals surface area contributed by atoms with Crippen LogP contribution in [0.3, 0.4) is 0 Å². The van der Waals surface area contributed by atoms with Gasteiger partial charge in [0.25, 0.3) is 0 Å². The number of hydrogen-bond acceptors (Lipinski definition) is 10. The van der Waals surface area contributed by atoms with Gasteiger partial charge in [-0.2, -0.15) is 0 Å². The van der Waals surface area contributed by atoms with Gasteiger partial charge in [-0.1, -0.05) is 0 Å². The molecule has 128 valence electrons. The van der Waals surface area contributed by atoms with E-state index in [-0.39, 0.29) is 13.2 Å². The summed E-state index contributed by atoms with van der Waals surface area (Å²) in [7, 11) is 0. The van der Waals surface area contributed by atoms with E-state index >= 15 is 0 Å². The Bertz CT molecular complexity index is 367. The van der Waals surface area contributed by atoms with E-state index in [1.807, 2.05) is 0 Å². The molecule has 3 saturated heterocycles. The highest BCUT2D eigenvalue weighted by Gasteiger charge is 2.49. The molecule has 10 nitrogen and oxygen atoms in total. The molecule has 10 heteroatoms. The molecule has 0 aliphatic carbocycles. The third-order valence-corrected chi connectivity index (χ3v) is 4.33. The molecule has 0 aromatic rings. The molecule has 0 radical (unpaired) electrons. The summed E-state index contributed by atoms with van der Waals surface area (Å²) in [5, 5.41) is 39.8. The normalized spacial score (nSPS) is 56.5. The lowest BCUT2D eigenvalue weighted by molar-refractivity contribution is -0.354. The third kappa shape index (κ3) is 2.76. The predicted molar refractivity (Wildman–Crippen MR) is 69.2 cm³/mol. The minimum Gasteiger partial charge on any atom is -0.388 e. The van der Waals surface area contributed by atoms with Crippen molar-refractivity contribution in [3.05, 3.63) is 0 Å². The van der Waals surface area contributed by atoms with E-state index in [0.29, 0.717) is 0 Å². The Labute approximate surface area is 126 Å². The average Bonchev–Trinajstić information content (AvgIpc) is 2.51. The summed E-state index contributed by atoms with van der Waals surface area (Å²) in [6.45, 7) is -0.103. The molecule has 0 spiro atoms. The molecule has 10 atom stereocenters. The molecule has 0 unspecified atom stereocenters. The number of aliphatic hydroxyl groups excluding tert-OH is 4. The maximum absolute atomic E-state index is 9.96. The molecular formula is C12H22N2O8. The molecule has 22 heavy (non-hydrogen) atoms. The highest BCUT2D eigenvalue weighted by atomic mass is 16.8. The zero-order chi connectivity index (χ0) is 16.0. The van der Waals surface area contributed by atoms with E-state index in [4.69, 9.17) is 30.4 Å². The molecule has 3 rings (SSSR count). The Kier molecular flexibility index (Phi) is 4.67. The summed E-state index contributed by atoms with van der Waals surface area (Å²) >= 11 is 0. The van der Waals surface area contributed by atoms with Gasteiger partial charge in [0.1, 0.15) is 36.6 Å². The van der Waals surface area contributed by atoms with Crippen molar-refractivity contribution in [2.45, 2.75) is 61.3 Å². The van der Waals surface area contributed by atoms with Crippen LogP contribution >= 0.6 is 0 Å². The molecule has 0 aromatic carbocycles. The van der Waals surface area contributed by atoms with E-state index in [1.54, 1.807) is 0 Å². The van der Waals surface area contributed by atoms with Crippen LogP contribution in [-0.2, 0) is 18.9 Å². The number of aliphatic hydroxyl groups is 4. The first kappa shape index (κ1) is 16.5. The molecular weight excluding hydrogens is 300 g/mol. The average molecular weight is 322 g/mol. The van der Waals surface area contributed by atoms with Crippen LogP contribution in [0, 0.1) is 0 Å². The Morgan fingerprint density at radius 2 is 1.05 bits per heavy atom. The molecule has 3 fully saturated rings. The van der Waals surface area contributed by atoms with Crippen molar-refractivity contribution in [2.75, 3.05) is 13.2 Å². The Morgan fingerprint density at radius 1 is 0.636 bits per heavy atom. The van der Waals surface area contributed by atoms with Gasteiger partial charge in [-0.3, -0.25) is 0 Å². The van der Waals surface area contributed by atoms with E-state index in [2.05, 4.69) is 0 Å². The first-order valence-electron chi connectivity index (χ1n) is 7.17. The lowest BCUT2D eigenvalue weighted by Gasteiger charge is -2.47. The molecule has 0 aromatic heterocycles. The largest absolute Gasteiger partial charge is 0.388 e. The fourth-order valence-corrected chi connectivity index (χ4v) is 2.86. The van der Waals surface area contributed by atoms with Gasteiger partial charge in [-0.05, 0) is 0 Å². The maximum atomic E-state index is 9.96. The molecule has 4 bridgehead atoms. The number of fused-ring (bicyclic) bond motifs is 4. The lowest BCUT2D eigenvalue weighted by Crippen LogP contribution is -2.68. The van der Waals surface area contributed by atoms with E-state index < -0.39 is 61.3 Å². The summed E-state index contributed by atoms with van der Waals surface area (Å²) in [6.07, 6.45) is -8.84. The van der Waals surface area contributed by atoms with Crippen molar-refractivity contribution in [3.8, 4) is 0 Å². The van der Waals surface area contributed by atoms with Crippen molar-refractivity contribution < 1.29 is 39.4 Å². The van der Waals surface area contributed by atoms with Gasteiger partial charge < -0.3 is 50.8 Å². The Balaban J connectivity index is 1.82. The topological polar surface area (TPSA) is 170 Å². The second-order valence-corrected chi connectivity index (χ2v) is 5.88. The molecule has 3 aliphatic heterocycles. The monoisotopic (exact) mass is 322 g/mol. The van der Waals surface area contributed by atoms with E-state index in [0.717, 1.165) is 0 Å². The Morgan fingerprint density at radius 3 is 1.45 bits per heavy atom. The summed E-state index contributed by atoms with van der Waals surface area (Å²) in [5.41, 5.74) is 11.6. The van der Waals surface area contributed by atoms with Crippen LogP contribution in [-0.4, -0.2) is 94.9 Å². The summed E-state index contributed by atoms with van der Waals surface area (Å²) in [6, 6.07) is -2.05. The van der Waals surface area contributed by atoms with Crippen LogP contribution in [0.15, 0.2) is 0 Å². The van der Waals surface area contributed by atoms with Crippen LogP contribution in [0.5, 0.6) is 0 Å². The van der Waals surface area contributed by atoms with E-state index in [9.17, 15) is 20.4 Å². The van der Waals surface area contributed by atoms with Gasteiger partial charge >= 0.3 is 0 Å². The maximum Gasteiger partial charge on any atom is 0.179 e. The molecule has 0 saturated carbocycles. The summed E-state index contributed by atoms with van der Waals surface area (Å²) in [5.74, 6) is 0. The van der Waals surface area contributed by atoms with Crippen molar-refractivity contribution in [1.82, 2.24) is 0 Å². The number of ether oxygens (including phenoxy) is 4. The van der Waals surface area contributed by atoms with Crippen molar-refractivity contribution >= 4 is 0 Å². The lowest BCUT2D eigenvalue weighted by atomic mass is 9.96. The first-order valence-corrected chi connectivity index (χ1v) is 7.17. The van der Waals surface area contributed by atoms with Gasteiger partial charge in [-0.25, -0.2) is 0 Å². The quantitative estimate of drug-likeness (QED) is 0.256. The SMILES string of the molecule is N[C@H]1[C@@H]2O[C@@H]3O[C@H](COC[C@@H](O2)[C@@H](O)[C@@H]1O)[C@@H](O)[C@H](O)[C@H]3N. The summed E-state index contributed by atoms with van der Waals surface area (Å²) in [4.78, 5) is 0. The molecule has 0 amide bonds. The van der Waals surface area contributed by atoms with Crippen LogP contribution < -0.4 is 11.5 Å². The van der Waals surface area contributed by atoms with Crippen LogP contribution in [0.1, 0.15) is 0 Å². The fraction of sp³-hybridized carbons (Fsp3) is 1.00. The zero-order valence-electron chi connectivity index (χ0n) is 11.8. The molecule has 8 N–H and O–H groups in total. The number of hydrogen-bond donors (Lipinski definition) is 6. The standard InChI is InChI=1S/C12H22N2O8/c13-5-9(17)7(15)3-1-19-2-4-8(16)10(18)6(14)12(21-4)22-11(5)20-3/h3-12,15-18H,1-2,13-14H2/t3-,4-,5-,6-,7-,8-,9-,10-,11+,12+/m1/s1. The van der Waals surface area contributed by atoms with Crippen LogP contribution in [0.2, 0.25) is 0 Å². The van der Waals surface area contributed by atoms with Gasteiger partial charge in [0.2, 0.25) is 0 Å². The minimum absolute atomic E-state index is 0.0514. The second kappa shape index (κ2) is 6.24. The van der Waals surface area contributed by atoms with Gasteiger partial charge in [0.15, 0.2) is 12.6 Å².